The first-order chi connectivity index (χ1) is 14.3. The number of hydrogen-bond acceptors (Lipinski definition) is 3. The molecule has 0 bridgehead atoms. The van der Waals surface area contributed by atoms with E-state index in [1.807, 2.05) is 25.1 Å². The molecule has 4 rings (SSSR count). The summed E-state index contributed by atoms with van der Waals surface area (Å²) < 4.78 is 27.7. The van der Waals surface area contributed by atoms with Crippen LogP contribution in [0.2, 0.25) is 5.02 Å². The Balaban J connectivity index is 1.52. The highest BCUT2D eigenvalue weighted by atomic mass is 35.5. The Morgan fingerprint density at radius 3 is 2.40 bits per heavy atom. The number of rotatable bonds is 4. The van der Waals surface area contributed by atoms with Crippen LogP contribution >= 0.6 is 11.6 Å². The maximum atomic E-state index is 12.9. The van der Waals surface area contributed by atoms with Crippen molar-refractivity contribution in [3.8, 4) is 0 Å². The first-order valence-electron chi connectivity index (χ1n) is 9.58. The number of nitrogens with one attached hydrogen (secondary N) is 1. The molecule has 3 aromatic rings. The molecule has 1 amide bonds. The number of hydrogen-bond donors (Lipinski definition) is 1. The van der Waals surface area contributed by atoms with Crippen molar-refractivity contribution in [2.24, 2.45) is 0 Å². The molecule has 7 heteroatoms. The van der Waals surface area contributed by atoms with Crippen LogP contribution in [0.25, 0.3) is 0 Å². The predicted molar refractivity (Wildman–Crippen MR) is 118 cm³/mol. The Morgan fingerprint density at radius 1 is 1.00 bits per heavy atom. The predicted octanol–water partition coefficient (Wildman–Crippen LogP) is 4.65. The lowest BCUT2D eigenvalue weighted by molar-refractivity contribution is 0.0734. The molecule has 0 aliphatic carbocycles. The van der Waals surface area contributed by atoms with E-state index in [1.54, 1.807) is 23.1 Å². The zero-order valence-electron chi connectivity index (χ0n) is 16.4. The molecule has 0 spiro atoms. The van der Waals surface area contributed by atoms with Crippen LogP contribution < -0.4 is 4.72 Å². The van der Waals surface area contributed by atoms with Crippen molar-refractivity contribution in [2.75, 3.05) is 11.3 Å². The van der Waals surface area contributed by atoms with E-state index in [2.05, 4.69) is 10.8 Å². The lowest BCUT2D eigenvalue weighted by atomic mass is 9.99. The molecule has 0 saturated heterocycles. The Bertz CT molecular complexity index is 1210. The topological polar surface area (TPSA) is 66.5 Å². The Kier molecular flexibility index (Phi) is 5.54. The number of anilines is 1. The highest BCUT2D eigenvalue weighted by molar-refractivity contribution is 7.92. The summed E-state index contributed by atoms with van der Waals surface area (Å²) in [5.74, 6) is -0.126. The number of amides is 1. The molecule has 1 heterocycles. The lowest BCUT2D eigenvalue weighted by Crippen LogP contribution is -2.35. The summed E-state index contributed by atoms with van der Waals surface area (Å²) in [6.07, 6.45) is 0.810. The first-order valence-corrected chi connectivity index (χ1v) is 11.4. The van der Waals surface area contributed by atoms with E-state index in [0.717, 1.165) is 17.5 Å². The Morgan fingerprint density at radius 2 is 1.70 bits per heavy atom. The third-order valence-corrected chi connectivity index (χ3v) is 6.90. The van der Waals surface area contributed by atoms with Crippen molar-refractivity contribution < 1.29 is 13.2 Å². The van der Waals surface area contributed by atoms with Gasteiger partial charge >= 0.3 is 0 Å². The van der Waals surface area contributed by atoms with E-state index in [4.69, 9.17) is 11.6 Å². The zero-order valence-corrected chi connectivity index (χ0v) is 18.0. The largest absolute Gasteiger partial charge is 0.334 e. The molecule has 5 nitrogen and oxygen atoms in total. The van der Waals surface area contributed by atoms with E-state index in [1.165, 1.54) is 29.8 Å². The summed E-state index contributed by atoms with van der Waals surface area (Å²) in [6.45, 7) is 3.07. The zero-order chi connectivity index (χ0) is 21.3. The minimum absolute atomic E-state index is 0.126. The second-order valence-corrected chi connectivity index (χ2v) is 9.45. The van der Waals surface area contributed by atoms with Gasteiger partial charge in [0, 0.05) is 18.7 Å². The second-order valence-electron chi connectivity index (χ2n) is 7.36. The van der Waals surface area contributed by atoms with Gasteiger partial charge in [-0.3, -0.25) is 9.52 Å². The van der Waals surface area contributed by atoms with Crippen LogP contribution in [0.5, 0.6) is 0 Å². The van der Waals surface area contributed by atoms with Crippen LogP contribution in [-0.4, -0.2) is 25.8 Å². The molecular weight excluding hydrogens is 420 g/mol. The summed E-state index contributed by atoms with van der Waals surface area (Å²) in [6, 6.07) is 19.3. The number of carbonyl (C=O) groups is 1. The average molecular weight is 441 g/mol. The van der Waals surface area contributed by atoms with Gasteiger partial charge < -0.3 is 4.90 Å². The second kappa shape index (κ2) is 8.13. The normalized spacial score (nSPS) is 13.6. The maximum Gasteiger partial charge on any atom is 0.261 e. The number of nitrogens with zero attached hydrogens (tertiary/aromatic N) is 1. The summed E-state index contributed by atoms with van der Waals surface area (Å²) in [4.78, 5) is 14.9. The quantitative estimate of drug-likeness (QED) is 0.642. The van der Waals surface area contributed by atoms with Crippen molar-refractivity contribution in [3.63, 3.8) is 0 Å². The average Bonchev–Trinajstić information content (AvgIpc) is 2.74. The van der Waals surface area contributed by atoms with E-state index < -0.39 is 10.0 Å². The first kappa shape index (κ1) is 20.4. The molecule has 0 aromatic heterocycles. The van der Waals surface area contributed by atoms with Crippen LogP contribution in [0.4, 0.5) is 5.69 Å². The smallest absolute Gasteiger partial charge is 0.261 e. The summed E-state index contributed by atoms with van der Waals surface area (Å²) in [5.41, 5.74) is 4.04. The van der Waals surface area contributed by atoms with Crippen LogP contribution in [-0.2, 0) is 23.0 Å². The van der Waals surface area contributed by atoms with Gasteiger partial charge in [0.2, 0.25) is 0 Å². The minimum atomic E-state index is -3.77. The van der Waals surface area contributed by atoms with Crippen molar-refractivity contribution in [2.45, 2.75) is 24.8 Å². The van der Waals surface area contributed by atoms with Gasteiger partial charge in [0.25, 0.3) is 15.9 Å². The molecule has 1 N–H and O–H groups in total. The summed E-state index contributed by atoms with van der Waals surface area (Å²) >= 11 is 6.31. The van der Waals surface area contributed by atoms with Gasteiger partial charge in [-0.15, -0.1) is 0 Å². The molecule has 1 aliphatic heterocycles. The third-order valence-electron chi connectivity index (χ3n) is 5.21. The standard InChI is InChI=1S/C23H21ClN2O3S/c1-16-6-9-20(10-7-16)30(28,29)25-22-11-8-18(14-21(22)24)23(27)26-13-12-17-4-2-3-5-19(17)15-26/h2-11,14,25H,12-13,15H2,1H3. The highest BCUT2D eigenvalue weighted by Gasteiger charge is 2.23. The highest BCUT2D eigenvalue weighted by Crippen LogP contribution is 2.27. The molecule has 0 radical (unpaired) electrons. The van der Waals surface area contributed by atoms with Crippen LogP contribution in [0, 0.1) is 6.92 Å². The van der Waals surface area contributed by atoms with Gasteiger partial charge in [-0.1, -0.05) is 53.6 Å². The molecule has 0 fully saturated rings. The minimum Gasteiger partial charge on any atom is -0.334 e. The Hall–Kier alpha value is -2.83. The van der Waals surface area contributed by atoms with E-state index in [9.17, 15) is 13.2 Å². The molecule has 30 heavy (non-hydrogen) atoms. The number of aryl methyl sites for hydroxylation is 1. The number of fused-ring (bicyclic) bond motifs is 1. The summed E-state index contributed by atoms with van der Waals surface area (Å²) in [7, 11) is -3.77. The van der Waals surface area contributed by atoms with Crippen LogP contribution in [0.1, 0.15) is 27.0 Å². The number of sulfonamides is 1. The van der Waals surface area contributed by atoms with Gasteiger partial charge in [0.15, 0.2) is 0 Å². The van der Waals surface area contributed by atoms with E-state index in [0.29, 0.717) is 18.7 Å². The van der Waals surface area contributed by atoms with Crippen LogP contribution in [0.3, 0.4) is 0 Å². The molecular formula is C23H21ClN2O3S. The fourth-order valence-corrected chi connectivity index (χ4v) is 4.87. The lowest BCUT2D eigenvalue weighted by Gasteiger charge is -2.29. The van der Waals surface area contributed by atoms with Gasteiger partial charge in [-0.2, -0.15) is 0 Å². The van der Waals surface area contributed by atoms with Gasteiger partial charge in [-0.05, 0) is 54.8 Å². The number of carbonyl (C=O) groups excluding carboxylic acids is 1. The van der Waals surface area contributed by atoms with Crippen molar-refractivity contribution >= 4 is 33.2 Å². The monoisotopic (exact) mass is 440 g/mol. The Labute approximate surface area is 181 Å². The van der Waals surface area contributed by atoms with Gasteiger partial charge in [-0.25, -0.2) is 8.42 Å². The molecule has 0 unspecified atom stereocenters. The van der Waals surface area contributed by atoms with Crippen molar-refractivity contribution in [3.05, 3.63) is 94.0 Å². The fraction of sp³-hybridized carbons (Fsp3) is 0.174. The molecule has 0 atom stereocenters. The third kappa shape index (κ3) is 4.20. The molecule has 3 aromatic carbocycles. The van der Waals surface area contributed by atoms with Crippen molar-refractivity contribution in [1.82, 2.24) is 4.90 Å². The van der Waals surface area contributed by atoms with Crippen molar-refractivity contribution in [1.29, 1.82) is 0 Å². The van der Waals surface area contributed by atoms with Gasteiger partial charge in [0.1, 0.15) is 0 Å². The molecule has 154 valence electrons. The summed E-state index contributed by atoms with van der Waals surface area (Å²) in [5, 5.41) is 0.175. The van der Waals surface area contributed by atoms with E-state index >= 15 is 0 Å². The number of halogens is 1. The molecule has 0 saturated carbocycles. The van der Waals surface area contributed by atoms with Gasteiger partial charge in [0.05, 0.1) is 15.6 Å². The van der Waals surface area contributed by atoms with E-state index in [-0.39, 0.29) is 21.5 Å². The maximum absolute atomic E-state index is 12.9. The fourth-order valence-electron chi connectivity index (χ4n) is 3.50. The van der Waals surface area contributed by atoms with Crippen LogP contribution in [0.15, 0.2) is 71.6 Å². The molecule has 1 aliphatic rings. The SMILES string of the molecule is Cc1ccc(S(=O)(=O)Nc2ccc(C(=O)N3CCc4ccccc4C3)cc2Cl)cc1. The number of benzene rings is 3.